The van der Waals surface area contributed by atoms with Gasteiger partial charge in [0.25, 0.3) is 0 Å². The van der Waals surface area contributed by atoms with Crippen molar-refractivity contribution >= 4 is 12.1 Å². The largest absolute Gasteiger partial charge is 0.480 e. The molecule has 0 radical (unpaired) electrons. The zero-order chi connectivity index (χ0) is 15.8. The fraction of sp³-hybridized carbons (Fsp3) is 0.867. The van der Waals surface area contributed by atoms with Crippen LogP contribution in [0.25, 0.3) is 0 Å². The van der Waals surface area contributed by atoms with Gasteiger partial charge in [0.15, 0.2) is 0 Å². The van der Waals surface area contributed by atoms with Crippen LogP contribution in [-0.2, 0) is 9.53 Å². The minimum Gasteiger partial charge on any atom is -0.480 e. The lowest BCUT2D eigenvalue weighted by atomic mass is 10.0. The molecule has 0 fully saturated rings. The van der Waals surface area contributed by atoms with Gasteiger partial charge in [-0.3, -0.25) is 0 Å². The highest BCUT2D eigenvalue weighted by atomic mass is 16.6. The second kappa shape index (κ2) is 8.82. The van der Waals surface area contributed by atoms with Crippen molar-refractivity contribution in [3.05, 3.63) is 0 Å². The summed E-state index contributed by atoms with van der Waals surface area (Å²) in [4.78, 5) is 22.7. The van der Waals surface area contributed by atoms with Gasteiger partial charge in [-0.05, 0) is 33.1 Å². The zero-order valence-corrected chi connectivity index (χ0v) is 13.4. The SMILES string of the molecule is CC(C)CCCCCC(NC(=O)OC(C)(C)C)C(=O)O. The fourth-order valence-corrected chi connectivity index (χ4v) is 1.79. The van der Waals surface area contributed by atoms with Crippen LogP contribution in [0.2, 0.25) is 0 Å². The second-order valence-corrected chi connectivity index (χ2v) is 6.57. The molecule has 1 unspecified atom stereocenters. The van der Waals surface area contributed by atoms with Crippen molar-refractivity contribution in [1.82, 2.24) is 5.32 Å². The number of hydrogen-bond acceptors (Lipinski definition) is 3. The maximum Gasteiger partial charge on any atom is 0.408 e. The molecule has 2 N–H and O–H groups in total. The first-order valence-electron chi connectivity index (χ1n) is 7.34. The molecule has 0 saturated heterocycles. The predicted octanol–water partition coefficient (Wildman–Crippen LogP) is 3.57. The number of ether oxygens (including phenoxy) is 1. The Morgan fingerprint density at radius 2 is 1.65 bits per heavy atom. The summed E-state index contributed by atoms with van der Waals surface area (Å²) in [6, 6.07) is -0.871. The number of rotatable bonds is 8. The molecule has 0 bridgehead atoms. The van der Waals surface area contributed by atoms with E-state index in [9.17, 15) is 9.59 Å². The zero-order valence-electron chi connectivity index (χ0n) is 13.4. The average molecular weight is 287 g/mol. The molecule has 1 amide bonds. The van der Waals surface area contributed by atoms with Crippen LogP contribution in [0.4, 0.5) is 4.79 Å². The van der Waals surface area contributed by atoms with E-state index in [0.717, 1.165) is 25.7 Å². The van der Waals surface area contributed by atoms with E-state index in [-0.39, 0.29) is 0 Å². The Kier molecular flexibility index (Phi) is 8.26. The van der Waals surface area contributed by atoms with Gasteiger partial charge in [0, 0.05) is 0 Å². The molecule has 0 spiro atoms. The van der Waals surface area contributed by atoms with Crippen molar-refractivity contribution < 1.29 is 19.4 Å². The maximum absolute atomic E-state index is 11.6. The third-order valence-electron chi connectivity index (χ3n) is 2.76. The summed E-state index contributed by atoms with van der Waals surface area (Å²) >= 11 is 0. The first-order valence-corrected chi connectivity index (χ1v) is 7.34. The van der Waals surface area contributed by atoms with Crippen LogP contribution in [0, 0.1) is 5.92 Å². The van der Waals surface area contributed by atoms with Gasteiger partial charge in [0.1, 0.15) is 11.6 Å². The minimum absolute atomic E-state index is 0.437. The van der Waals surface area contributed by atoms with Crippen LogP contribution in [0.3, 0.4) is 0 Å². The van der Waals surface area contributed by atoms with Crippen LogP contribution in [0.5, 0.6) is 0 Å². The molecule has 0 heterocycles. The molecule has 0 rings (SSSR count). The number of carbonyl (C=O) groups excluding carboxylic acids is 1. The average Bonchev–Trinajstić information content (AvgIpc) is 2.23. The lowest BCUT2D eigenvalue weighted by molar-refractivity contribution is -0.139. The Balaban J connectivity index is 4.05. The number of nitrogens with one attached hydrogen (secondary N) is 1. The molecule has 0 aromatic rings. The molecular formula is C15H29NO4. The number of carbonyl (C=O) groups is 2. The molecule has 0 aliphatic heterocycles. The highest BCUT2D eigenvalue weighted by molar-refractivity contribution is 5.79. The number of amides is 1. The molecule has 118 valence electrons. The highest BCUT2D eigenvalue weighted by Crippen LogP contribution is 2.12. The van der Waals surface area contributed by atoms with Crippen LogP contribution in [0.15, 0.2) is 0 Å². The van der Waals surface area contributed by atoms with Crippen LogP contribution < -0.4 is 5.32 Å². The van der Waals surface area contributed by atoms with Gasteiger partial charge in [-0.15, -0.1) is 0 Å². The Morgan fingerprint density at radius 3 is 2.10 bits per heavy atom. The van der Waals surface area contributed by atoms with Gasteiger partial charge < -0.3 is 15.2 Å². The monoisotopic (exact) mass is 287 g/mol. The number of carboxylic acids is 1. The molecule has 0 saturated carbocycles. The normalized spacial score (nSPS) is 13.1. The molecular weight excluding hydrogens is 258 g/mol. The summed E-state index contributed by atoms with van der Waals surface area (Å²) in [7, 11) is 0. The first-order chi connectivity index (χ1) is 9.11. The van der Waals surface area contributed by atoms with Gasteiger partial charge in [-0.25, -0.2) is 9.59 Å². The summed E-state index contributed by atoms with van der Waals surface area (Å²) in [5, 5.41) is 11.5. The Bertz CT molecular complexity index is 307. The second-order valence-electron chi connectivity index (χ2n) is 6.57. The van der Waals surface area contributed by atoms with Gasteiger partial charge in [0.05, 0.1) is 0 Å². The fourth-order valence-electron chi connectivity index (χ4n) is 1.79. The smallest absolute Gasteiger partial charge is 0.408 e. The maximum atomic E-state index is 11.6. The number of aliphatic carboxylic acids is 1. The van der Waals surface area contributed by atoms with Gasteiger partial charge >= 0.3 is 12.1 Å². The van der Waals surface area contributed by atoms with Crippen molar-refractivity contribution in [1.29, 1.82) is 0 Å². The van der Waals surface area contributed by atoms with E-state index >= 15 is 0 Å². The highest BCUT2D eigenvalue weighted by Gasteiger charge is 2.23. The number of alkyl carbamates (subject to hydrolysis) is 1. The van der Waals surface area contributed by atoms with Crippen molar-refractivity contribution in [3.8, 4) is 0 Å². The first kappa shape index (κ1) is 18.7. The third kappa shape index (κ3) is 10.6. The summed E-state index contributed by atoms with van der Waals surface area (Å²) in [6.07, 6.45) is 3.78. The quantitative estimate of drug-likeness (QED) is 0.669. The Hall–Kier alpha value is -1.26. The Morgan fingerprint density at radius 1 is 1.10 bits per heavy atom. The summed E-state index contributed by atoms with van der Waals surface area (Å²) in [6.45, 7) is 9.57. The van der Waals surface area contributed by atoms with Crippen molar-refractivity contribution in [2.75, 3.05) is 0 Å². The molecule has 0 aliphatic rings. The van der Waals surface area contributed by atoms with Crippen molar-refractivity contribution in [2.24, 2.45) is 5.92 Å². The van der Waals surface area contributed by atoms with E-state index in [1.165, 1.54) is 0 Å². The summed E-state index contributed by atoms with van der Waals surface area (Å²) in [5.41, 5.74) is -0.621. The molecule has 20 heavy (non-hydrogen) atoms. The van der Waals surface area contributed by atoms with Crippen LogP contribution in [-0.4, -0.2) is 28.8 Å². The van der Waals surface area contributed by atoms with E-state index in [1.807, 2.05) is 0 Å². The van der Waals surface area contributed by atoms with Crippen LogP contribution >= 0.6 is 0 Å². The van der Waals surface area contributed by atoms with E-state index in [0.29, 0.717) is 12.3 Å². The third-order valence-corrected chi connectivity index (χ3v) is 2.76. The number of carboxylic acid groups (broad SMARTS) is 1. The minimum atomic E-state index is -1.01. The van der Waals surface area contributed by atoms with Crippen LogP contribution in [0.1, 0.15) is 66.7 Å². The lowest BCUT2D eigenvalue weighted by Crippen LogP contribution is -2.43. The predicted molar refractivity (Wildman–Crippen MR) is 78.7 cm³/mol. The molecule has 0 aromatic carbocycles. The molecule has 5 nitrogen and oxygen atoms in total. The van der Waals surface area contributed by atoms with E-state index in [2.05, 4.69) is 19.2 Å². The lowest BCUT2D eigenvalue weighted by Gasteiger charge is -2.22. The summed E-state index contributed by atoms with van der Waals surface area (Å²) < 4.78 is 5.06. The Labute approximate surface area is 122 Å². The molecule has 5 heteroatoms. The summed E-state index contributed by atoms with van der Waals surface area (Å²) in [5.74, 6) is -0.343. The van der Waals surface area contributed by atoms with E-state index in [4.69, 9.17) is 9.84 Å². The number of unbranched alkanes of at least 4 members (excludes halogenated alkanes) is 2. The van der Waals surface area contributed by atoms with Gasteiger partial charge in [-0.2, -0.15) is 0 Å². The van der Waals surface area contributed by atoms with E-state index < -0.39 is 23.7 Å². The molecule has 0 aromatic heterocycles. The van der Waals surface area contributed by atoms with Crippen molar-refractivity contribution in [3.63, 3.8) is 0 Å². The number of hydrogen-bond donors (Lipinski definition) is 2. The van der Waals surface area contributed by atoms with Crippen molar-refractivity contribution in [2.45, 2.75) is 78.4 Å². The molecule has 0 aliphatic carbocycles. The van der Waals surface area contributed by atoms with E-state index in [1.54, 1.807) is 20.8 Å². The standard InChI is InChI=1S/C15H29NO4/c1-11(2)9-7-6-8-10-12(13(17)18)16-14(19)20-15(3,4)5/h11-12H,6-10H2,1-5H3,(H,16,19)(H,17,18). The van der Waals surface area contributed by atoms with Gasteiger partial charge in [-0.1, -0.05) is 39.5 Å². The topological polar surface area (TPSA) is 75.6 Å². The van der Waals surface area contributed by atoms with Gasteiger partial charge in [0.2, 0.25) is 0 Å². The molecule has 1 atom stereocenters.